The monoisotopic (exact) mass is 570 g/mol. The fourth-order valence-corrected chi connectivity index (χ4v) is 5.51. The highest BCUT2D eigenvalue weighted by atomic mass is 16.5. The summed E-state index contributed by atoms with van der Waals surface area (Å²) >= 11 is 0. The number of phenolic OH excluding ortho intramolecular Hbond substituents is 4. The van der Waals surface area contributed by atoms with Crippen molar-refractivity contribution in [2.24, 2.45) is 5.92 Å². The number of Topliss-reactive ketones (excluding diaryl/α,β-unsaturated/α-hetero) is 2. The van der Waals surface area contributed by atoms with Crippen LogP contribution in [0.1, 0.15) is 111 Å². The predicted octanol–water partition coefficient (Wildman–Crippen LogP) is 5.68. The van der Waals surface area contributed by atoms with Crippen LogP contribution < -0.4 is 9.47 Å². The topological polar surface area (TPSA) is 154 Å². The van der Waals surface area contributed by atoms with Crippen molar-refractivity contribution in [2.75, 3.05) is 7.11 Å². The van der Waals surface area contributed by atoms with E-state index in [2.05, 4.69) is 0 Å². The Hall–Kier alpha value is -3.72. The lowest BCUT2D eigenvalue weighted by Gasteiger charge is -2.39. The van der Waals surface area contributed by atoms with Crippen molar-refractivity contribution < 1.29 is 44.6 Å². The number of allylic oxidation sites excluding steroid dienone is 2. The van der Waals surface area contributed by atoms with Crippen LogP contribution in [0.2, 0.25) is 0 Å². The van der Waals surface area contributed by atoms with Gasteiger partial charge in [-0.3, -0.25) is 9.59 Å². The smallest absolute Gasteiger partial charge is 0.167 e. The molecule has 1 heterocycles. The lowest BCUT2D eigenvalue weighted by atomic mass is 9.77. The number of ketones is 2. The zero-order valence-corrected chi connectivity index (χ0v) is 25.3. The molecule has 1 aliphatic rings. The molecule has 0 unspecified atom stereocenters. The van der Waals surface area contributed by atoms with Gasteiger partial charge in [-0.05, 0) is 60.3 Å². The number of fused-ring (bicyclic) bond motifs is 1. The molecule has 0 saturated carbocycles. The van der Waals surface area contributed by atoms with Crippen LogP contribution in [0.25, 0.3) is 0 Å². The van der Waals surface area contributed by atoms with E-state index in [1.807, 2.05) is 33.8 Å². The second-order valence-corrected chi connectivity index (χ2v) is 12.0. The Balaban J connectivity index is 2.52. The highest BCUT2D eigenvalue weighted by Crippen LogP contribution is 2.56. The number of carbonyl (C=O) groups excluding carboxylic acids is 2. The van der Waals surface area contributed by atoms with Crippen molar-refractivity contribution in [3.63, 3.8) is 0 Å². The van der Waals surface area contributed by atoms with Crippen molar-refractivity contribution in [1.82, 2.24) is 0 Å². The van der Waals surface area contributed by atoms with Gasteiger partial charge >= 0.3 is 0 Å². The summed E-state index contributed by atoms with van der Waals surface area (Å²) in [5, 5.41) is 57.2. The lowest BCUT2D eigenvalue weighted by molar-refractivity contribution is -0.0422. The Morgan fingerprint density at radius 2 is 1.49 bits per heavy atom. The number of aliphatic hydroxyl groups is 1. The van der Waals surface area contributed by atoms with Crippen LogP contribution in [0.4, 0.5) is 0 Å². The molecule has 9 nitrogen and oxygen atoms in total. The quantitative estimate of drug-likeness (QED) is 0.189. The summed E-state index contributed by atoms with van der Waals surface area (Å²) in [6, 6.07) is 0. The minimum absolute atomic E-state index is 0.0216. The molecule has 0 aromatic heterocycles. The van der Waals surface area contributed by atoms with Crippen LogP contribution >= 0.6 is 0 Å². The summed E-state index contributed by atoms with van der Waals surface area (Å²) in [5.41, 5.74) is -0.284. The van der Waals surface area contributed by atoms with E-state index >= 15 is 0 Å². The fourth-order valence-electron chi connectivity index (χ4n) is 5.51. The minimum Gasteiger partial charge on any atom is -0.507 e. The van der Waals surface area contributed by atoms with Crippen LogP contribution in [0.15, 0.2) is 11.6 Å². The average molecular weight is 571 g/mol. The molecule has 0 fully saturated rings. The van der Waals surface area contributed by atoms with Gasteiger partial charge in [0.2, 0.25) is 0 Å². The summed E-state index contributed by atoms with van der Waals surface area (Å²) in [7, 11) is 1.34. The van der Waals surface area contributed by atoms with Crippen molar-refractivity contribution in [2.45, 2.75) is 92.3 Å². The molecule has 2 aromatic carbocycles. The third-order valence-corrected chi connectivity index (χ3v) is 7.66. The molecule has 0 saturated heterocycles. The predicted molar refractivity (Wildman–Crippen MR) is 155 cm³/mol. The first-order valence-corrected chi connectivity index (χ1v) is 13.7. The standard InChI is InChI=1S/C32H42O9/c1-14(2)10-11-18-26(36)24(28(38)22(16(5)33)30(18)40-9)19(12-15(3)4)25-27(37)20-13-21(35)32(7,8)41-31(20)23(17(6)34)29(25)39/h10,15,19,21,35-39H,11-13H2,1-9H3/t19-,21+/m1/s1. The molecular formula is C32H42O9. The van der Waals surface area contributed by atoms with E-state index in [1.54, 1.807) is 13.8 Å². The van der Waals surface area contributed by atoms with E-state index in [-0.39, 0.29) is 75.8 Å². The molecule has 41 heavy (non-hydrogen) atoms. The molecular weight excluding hydrogens is 528 g/mol. The first kappa shape index (κ1) is 31.8. The second kappa shape index (κ2) is 11.6. The first-order valence-electron chi connectivity index (χ1n) is 13.7. The van der Waals surface area contributed by atoms with E-state index in [0.717, 1.165) is 5.57 Å². The molecule has 5 N–H and O–H groups in total. The van der Waals surface area contributed by atoms with Crippen LogP contribution in [-0.4, -0.2) is 55.9 Å². The fraction of sp³-hybridized carbons (Fsp3) is 0.500. The Morgan fingerprint density at radius 1 is 0.951 bits per heavy atom. The van der Waals surface area contributed by atoms with E-state index in [1.165, 1.54) is 21.0 Å². The van der Waals surface area contributed by atoms with Gasteiger partial charge in [0.15, 0.2) is 11.6 Å². The van der Waals surface area contributed by atoms with Gasteiger partial charge in [-0.15, -0.1) is 0 Å². The number of aliphatic hydroxyl groups excluding tert-OH is 1. The van der Waals surface area contributed by atoms with Gasteiger partial charge in [-0.1, -0.05) is 25.5 Å². The molecule has 0 spiro atoms. The third kappa shape index (κ3) is 5.73. The number of carbonyl (C=O) groups is 2. The molecule has 0 amide bonds. The van der Waals surface area contributed by atoms with Crippen molar-refractivity contribution in [3.8, 4) is 34.5 Å². The van der Waals surface area contributed by atoms with Gasteiger partial charge < -0.3 is 35.0 Å². The second-order valence-electron chi connectivity index (χ2n) is 12.0. The summed E-state index contributed by atoms with van der Waals surface area (Å²) in [5.74, 6) is -4.09. The number of aromatic hydroxyl groups is 4. The molecule has 2 atom stereocenters. The van der Waals surface area contributed by atoms with E-state index < -0.39 is 46.4 Å². The Labute approximate surface area is 241 Å². The maximum Gasteiger partial charge on any atom is 0.167 e. The Bertz CT molecular complexity index is 1410. The molecule has 0 bridgehead atoms. The van der Waals surface area contributed by atoms with Crippen molar-refractivity contribution in [1.29, 1.82) is 0 Å². The molecule has 9 heteroatoms. The highest BCUT2D eigenvalue weighted by molar-refractivity contribution is 6.02. The molecule has 224 valence electrons. The van der Waals surface area contributed by atoms with Crippen molar-refractivity contribution in [3.05, 3.63) is 45.0 Å². The van der Waals surface area contributed by atoms with Gasteiger partial charge in [0.05, 0.1) is 13.2 Å². The molecule has 0 radical (unpaired) electrons. The van der Waals surface area contributed by atoms with Gasteiger partial charge in [0.25, 0.3) is 0 Å². The van der Waals surface area contributed by atoms with Crippen LogP contribution in [0.5, 0.6) is 34.5 Å². The van der Waals surface area contributed by atoms with Crippen LogP contribution in [0.3, 0.4) is 0 Å². The summed E-state index contributed by atoms with van der Waals surface area (Å²) in [4.78, 5) is 25.7. The minimum atomic E-state index is -1.10. The summed E-state index contributed by atoms with van der Waals surface area (Å²) < 4.78 is 11.5. The number of hydrogen-bond donors (Lipinski definition) is 5. The van der Waals surface area contributed by atoms with Crippen LogP contribution in [0, 0.1) is 5.92 Å². The molecule has 2 aromatic rings. The Kier molecular flexibility index (Phi) is 9.03. The molecule has 1 aliphatic heterocycles. The zero-order valence-electron chi connectivity index (χ0n) is 25.3. The Morgan fingerprint density at radius 3 is 1.98 bits per heavy atom. The van der Waals surface area contributed by atoms with Gasteiger partial charge in [-0.2, -0.15) is 0 Å². The summed E-state index contributed by atoms with van der Waals surface area (Å²) in [6.07, 6.45) is 1.10. The van der Waals surface area contributed by atoms with E-state index in [9.17, 15) is 35.1 Å². The number of hydrogen-bond acceptors (Lipinski definition) is 9. The number of methoxy groups -OCH3 is 1. The van der Waals surface area contributed by atoms with Crippen molar-refractivity contribution >= 4 is 11.6 Å². The van der Waals surface area contributed by atoms with Gasteiger partial charge in [0.1, 0.15) is 51.2 Å². The third-order valence-electron chi connectivity index (χ3n) is 7.66. The lowest BCUT2D eigenvalue weighted by Crippen LogP contribution is -2.46. The van der Waals surface area contributed by atoms with Gasteiger partial charge in [-0.25, -0.2) is 0 Å². The number of phenols is 4. The number of rotatable bonds is 9. The summed E-state index contributed by atoms with van der Waals surface area (Å²) in [6.45, 7) is 13.3. The van der Waals surface area contributed by atoms with E-state index in [4.69, 9.17) is 9.47 Å². The normalized spacial score (nSPS) is 16.5. The molecule has 0 aliphatic carbocycles. The highest BCUT2D eigenvalue weighted by Gasteiger charge is 2.43. The number of ether oxygens (including phenoxy) is 2. The van der Waals surface area contributed by atoms with Crippen LogP contribution in [-0.2, 0) is 12.8 Å². The average Bonchev–Trinajstić information content (AvgIpc) is 2.83. The molecule has 3 rings (SSSR count). The SMILES string of the molecule is COc1c(CC=C(C)C)c(O)c([C@@H](CC(C)C)c2c(O)c3c(c(C(C)=O)c2O)OC(C)(C)[C@@H](O)C3)c(O)c1C(C)=O. The first-order chi connectivity index (χ1) is 19.0. The largest absolute Gasteiger partial charge is 0.507 e. The number of benzene rings is 2. The van der Waals surface area contributed by atoms with Gasteiger partial charge in [0, 0.05) is 34.6 Å². The maximum absolute atomic E-state index is 12.9. The maximum atomic E-state index is 12.9. The van der Waals surface area contributed by atoms with E-state index in [0.29, 0.717) is 0 Å². The zero-order chi connectivity index (χ0) is 31.1.